The minimum atomic E-state index is -1.02. The molecule has 19 heavy (non-hydrogen) atoms. The maximum atomic E-state index is 10.1. The summed E-state index contributed by atoms with van der Waals surface area (Å²) in [6.45, 7) is -0.706. The summed E-state index contributed by atoms with van der Waals surface area (Å²) < 4.78 is 0. The molecule has 0 aromatic carbocycles. The van der Waals surface area contributed by atoms with Crippen molar-refractivity contribution in [3.8, 4) is 0 Å². The molecular weight excluding hydrogens is 254 g/mol. The SMILES string of the molecule is OCC(O)CC(O)[C@@H]1CC[C@@H]2[C@H](O)[C@H](O)[C@@H](CO)N21. The molecule has 0 spiro atoms. The standard InChI is InChI=1S/C12H23NO6/c14-4-6(16)3-10(17)7-1-2-8-11(18)12(19)9(5-15)13(7)8/h6-12,14-19H,1-5H2/t6?,7-,8+,9+,10?,11-,12+/m0/s1. The second-order valence-electron chi connectivity index (χ2n) is 5.53. The number of aliphatic hydroxyl groups excluding tert-OH is 6. The van der Waals surface area contributed by atoms with Crippen LogP contribution in [0.15, 0.2) is 0 Å². The van der Waals surface area contributed by atoms with Crippen LogP contribution in [0.25, 0.3) is 0 Å². The molecule has 0 saturated carbocycles. The molecular formula is C12H23NO6. The van der Waals surface area contributed by atoms with E-state index in [1.807, 2.05) is 0 Å². The number of nitrogens with zero attached hydrogens (tertiary/aromatic N) is 1. The second-order valence-corrected chi connectivity index (χ2v) is 5.53. The third-order valence-corrected chi connectivity index (χ3v) is 4.40. The third kappa shape index (κ3) is 2.64. The van der Waals surface area contributed by atoms with E-state index in [0.717, 1.165) is 0 Å². The van der Waals surface area contributed by atoms with Gasteiger partial charge in [0, 0.05) is 18.5 Å². The molecule has 2 heterocycles. The van der Waals surface area contributed by atoms with Gasteiger partial charge in [0.25, 0.3) is 0 Å². The predicted molar refractivity (Wildman–Crippen MR) is 65.3 cm³/mol. The van der Waals surface area contributed by atoms with Crippen molar-refractivity contribution in [1.82, 2.24) is 4.90 Å². The Hall–Kier alpha value is -0.280. The first-order valence-electron chi connectivity index (χ1n) is 6.72. The average Bonchev–Trinajstić information content (AvgIpc) is 2.91. The highest BCUT2D eigenvalue weighted by Gasteiger charge is 2.54. The van der Waals surface area contributed by atoms with Gasteiger partial charge in [-0.3, -0.25) is 4.90 Å². The smallest absolute Gasteiger partial charge is 0.0991 e. The summed E-state index contributed by atoms with van der Waals surface area (Å²) in [5.41, 5.74) is 0. The van der Waals surface area contributed by atoms with Gasteiger partial charge in [-0.2, -0.15) is 0 Å². The summed E-state index contributed by atoms with van der Waals surface area (Å²) in [5, 5.41) is 57.4. The minimum absolute atomic E-state index is 0.0364. The molecule has 0 aromatic rings. The van der Waals surface area contributed by atoms with Crippen molar-refractivity contribution in [2.45, 2.75) is 61.8 Å². The normalized spacial score (nSPS) is 42.3. The molecule has 112 valence electrons. The highest BCUT2D eigenvalue weighted by Crippen LogP contribution is 2.38. The van der Waals surface area contributed by atoms with Crippen molar-refractivity contribution in [1.29, 1.82) is 0 Å². The van der Waals surface area contributed by atoms with Gasteiger partial charge in [0.05, 0.1) is 43.7 Å². The summed E-state index contributed by atoms with van der Waals surface area (Å²) in [4.78, 5) is 1.77. The van der Waals surface area contributed by atoms with Crippen LogP contribution in [0.2, 0.25) is 0 Å². The number of rotatable bonds is 5. The lowest BCUT2D eigenvalue weighted by Gasteiger charge is -2.33. The molecule has 7 nitrogen and oxygen atoms in total. The lowest BCUT2D eigenvalue weighted by atomic mass is 9.98. The van der Waals surface area contributed by atoms with Crippen molar-refractivity contribution in [2.24, 2.45) is 0 Å². The molecule has 0 amide bonds. The summed E-state index contributed by atoms with van der Waals surface area (Å²) >= 11 is 0. The molecule has 7 atom stereocenters. The minimum Gasteiger partial charge on any atom is -0.395 e. The van der Waals surface area contributed by atoms with Gasteiger partial charge in [-0.1, -0.05) is 0 Å². The van der Waals surface area contributed by atoms with E-state index < -0.39 is 37.1 Å². The van der Waals surface area contributed by atoms with Crippen molar-refractivity contribution >= 4 is 0 Å². The van der Waals surface area contributed by atoms with Crippen molar-refractivity contribution < 1.29 is 30.6 Å². The van der Waals surface area contributed by atoms with Crippen LogP contribution >= 0.6 is 0 Å². The Morgan fingerprint density at radius 1 is 1.05 bits per heavy atom. The Balaban J connectivity index is 2.07. The Labute approximate surface area is 111 Å². The van der Waals surface area contributed by atoms with Crippen LogP contribution in [-0.4, -0.2) is 91.3 Å². The first-order valence-corrected chi connectivity index (χ1v) is 6.72. The Morgan fingerprint density at radius 2 is 1.74 bits per heavy atom. The highest BCUT2D eigenvalue weighted by atomic mass is 16.3. The predicted octanol–water partition coefficient (Wildman–Crippen LogP) is -2.98. The Kier molecular flexibility index (Phi) is 4.78. The maximum Gasteiger partial charge on any atom is 0.0991 e. The molecule has 2 unspecified atom stereocenters. The zero-order valence-corrected chi connectivity index (χ0v) is 10.7. The lowest BCUT2D eigenvalue weighted by Crippen LogP contribution is -2.49. The van der Waals surface area contributed by atoms with Gasteiger partial charge in [0.15, 0.2) is 0 Å². The summed E-state index contributed by atoms with van der Waals surface area (Å²) in [6.07, 6.45) is -2.49. The van der Waals surface area contributed by atoms with Crippen molar-refractivity contribution in [3.05, 3.63) is 0 Å². The van der Waals surface area contributed by atoms with Crippen LogP contribution in [0.4, 0.5) is 0 Å². The van der Waals surface area contributed by atoms with E-state index in [-0.39, 0.29) is 25.1 Å². The number of hydrogen-bond acceptors (Lipinski definition) is 7. The summed E-state index contributed by atoms with van der Waals surface area (Å²) in [7, 11) is 0. The second kappa shape index (κ2) is 6.01. The fourth-order valence-corrected chi connectivity index (χ4v) is 3.46. The molecule has 0 aliphatic carbocycles. The molecule has 7 heteroatoms. The van der Waals surface area contributed by atoms with Gasteiger partial charge in [-0.25, -0.2) is 0 Å². The Bertz CT molecular complexity index is 302. The summed E-state index contributed by atoms with van der Waals surface area (Å²) in [5.74, 6) is 0. The van der Waals surface area contributed by atoms with Crippen LogP contribution in [0.1, 0.15) is 19.3 Å². The first-order chi connectivity index (χ1) is 9.01. The Morgan fingerprint density at radius 3 is 2.32 bits per heavy atom. The fraction of sp³-hybridized carbons (Fsp3) is 1.00. The zero-order valence-electron chi connectivity index (χ0n) is 10.7. The molecule has 6 N–H and O–H groups in total. The van der Waals surface area contributed by atoms with Crippen LogP contribution in [0.3, 0.4) is 0 Å². The molecule has 0 aromatic heterocycles. The lowest BCUT2D eigenvalue weighted by molar-refractivity contribution is -0.0210. The van der Waals surface area contributed by atoms with Crippen molar-refractivity contribution in [2.75, 3.05) is 13.2 Å². The topological polar surface area (TPSA) is 125 Å². The molecule has 0 radical (unpaired) electrons. The number of hydrogen-bond donors (Lipinski definition) is 6. The highest BCUT2D eigenvalue weighted by molar-refractivity contribution is 5.08. The molecule has 2 fully saturated rings. The number of aliphatic hydroxyl groups is 6. The first kappa shape index (κ1) is 15.1. The van der Waals surface area contributed by atoms with E-state index in [0.29, 0.717) is 12.8 Å². The van der Waals surface area contributed by atoms with E-state index in [1.165, 1.54) is 0 Å². The molecule has 2 aliphatic rings. The molecule has 2 saturated heterocycles. The van der Waals surface area contributed by atoms with E-state index in [9.17, 15) is 25.5 Å². The van der Waals surface area contributed by atoms with Gasteiger partial charge in [0.1, 0.15) is 0 Å². The van der Waals surface area contributed by atoms with Crippen LogP contribution in [0, 0.1) is 0 Å². The van der Waals surface area contributed by atoms with Crippen LogP contribution in [-0.2, 0) is 0 Å². The van der Waals surface area contributed by atoms with Gasteiger partial charge in [-0.05, 0) is 12.8 Å². The van der Waals surface area contributed by atoms with Gasteiger partial charge >= 0.3 is 0 Å². The van der Waals surface area contributed by atoms with E-state index in [2.05, 4.69) is 0 Å². The zero-order chi connectivity index (χ0) is 14.2. The average molecular weight is 277 g/mol. The van der Waals surface area contributed by atoms with Crippen LogP contribution < -0.4 is 0 Å². The van der Waals surface area contributed by atoms with E-state index in [1.54, 1.807) is 4.90 Å². The third-order valence-electron chi connectivity index (χ3n) is 4.40. The monoisotopic (exact) mass is 277 g/mol. The summed E-state index contributed by atoms with van der Waals surface area (Å²) in [6, 6.07) is -1.18. The van der Waals surface area contributed by atoms with Crippen LogP contribution in [0.5, 0.6) is 0 Å². The quantitative estimate of drug-likeness (QED) is 0.317. The van der Waals surface area contributed by atoms with Gasteiger partial charge < -0.3 is 30.6 Å². The van der Waals surface area contributed by atoms with E-state index in [4.69, 9.17) is 5.11 Å². The molecule has 2 aliphatic heterocycles. The van der Waals surface area contributed by atoms with Gasteiger partial charge in [-0.15, -0.1) is 0 Å². The van der Waals surface area contributed by atoms with E-state index >= 15 is 0 Å². The molecule has 0 bridgehead atoms. The van der Waals surface area contributed by atoms with Gasteiger partial charge in [0.2, 0.25) is 0 Å². The number of fused-ring (bicyclic) bond motifs is 1. The van der Waals surface area contributed by atoms with Crippen molar-refractivity contribution in [3.63, 3.8) is 0 Å². The fourth-order valence-electron chi connectivity index (χ4n) is 3.46. The maximum absolute atomic E-state index is 10.1. The molecule has 2 rings (SSSR count). The largest absolute Gasteiger partial charge is 0.395 e.